The van der Waals surface area contributed by atoms with Crippen LogP contribution in [0.4, 0.5) is 4.79 Å². The monoisotopic (exact) mass is 293 g/mol. The molecule has 2 aliphatic rings. The van der Waals surface area contributed by atoms with Crippen LogP contribution in [0.3, 0.4) is 0 Å². The van der Waals surface area contributed by atoms with E-state index in [4.69, 9.17) is 0 Å². The molecule has 2 aliphatic carbocycles. The van der Waals surface area contributed by atoms with E-state index in [0.717, 1.165) is 23.0 Å². The number of nitrogens with one attached hydrogen (secondary N) is 1. The van der Waals surface area contributed by atoms with Gasteiger partial charge in [-0.3, -0.25) is 0 Å². The van der Waals surface area contributed by atoms with Gasteiger partial charge in [-0.15, -0.1) is 11.3 Å². The van der Waals surface area contributed by atoms with E-state index in [0.29, 0.717) is 18.6 Å². The first-order valence-electron chi connectivity index (χ1n) is 7.62. The second-order valence-electron chi connectivity index (χ2n) is 6.08. The van der Waals surface area contributed by atoms with Gasteiger partial charge in [0.15, 0.2) is 0 Å². The molecule has 0 aromatic carbocycles. The summed E-state index contributed by atoms with van der Waals surface area (Å²) in [6.45, 7) is 4.90. The third-order valence-corrected chi connectivity index (χ3v) is 5.23. The van der Waals surface area contributed by atoms with E-state index in [9.17, 15) is 4.79 Å². The minimum atomic E-state index is 0.125. The normalized spacial score (nSPS) is 19.7. The average molecular weight is 293 g/mol. The van der Waals surface area contributed by atoms with Crippen molar-refractivity contribution in [1.29, 1.82) is 0 Å². The van der Waals surface area contributed by atoms with Crippen LogP contribution >= 0.6 is 11.3 Å². The predicted octanol–water partition coefficient (Wildman–Crippen LogP) is 2.97. The number of carbonyl (C=O) groups excluding carboxylic acids is 1. The van der Waals surface area contributed by atoms with Crippen molar-refractivity contribution >= 4 is 17.4 Å². The number of amides is 2. The van der Waals surface area contributed by atoms with Gasteiger partial charge in [0.05, 0.1) is 5.01 Å². The van der Waals surface area contributed by atoms with Gasteiger partial charge in [0.1, 0.15) is 0 Å². The van der Waals surface area contributed by atoms with Crippen molar-refractivity contribution in [3.63, 3.8) is 0 Å². The van der Waals surface area contributed by atoms with Crippen molar-refractivity contribution in [2.75, 3.05) is 6.54 Å². The molecule has 1 aromatic heterocycles. The third-order valence-electron chi connectivity index (χ3n) is 4.20. The molecule has 3 rings (SSSR count). The molecule has 2 fully saturated rings. The Balaban J connectivity index is 1.49. The molecule has 5 heteroatoms. The maximum Gasteiger partial charge on any atom is 0.317 e. The van der Waals surface area contributed by atoms with Gasteiger partial charge in [0.2, 0.25) is 0 Å². The molecule has 1 atom stereocenters. The number of carbonyl (C=O) groups is 1. The van der Waals surface area contributed by atoms with Crippen LogP contribution in [0, 0.1) is 12.8 Å². The van der Waals surface area contributed by atoms with Crippen molar-refractivity contribution < 1.29 is 4.79 Å². The second kappa shape index (κ2) is 5.72. The minimum Gasteiger partial charge on any atom is -0.338 e. The second-order valence-corrected chi connectivity index (χ2v) is 7.02. The van der Waals surface area contributed by atoms with E-state index in [1.807, 2.05) is 6.92 Å². The van der Waals surface area contributed by atoms with Gasteiger partial charge in [0.25, 0.3) is 0 Å². The summed E-state index contributed by atoms with van der Waals surface area (Å²) in [6, 6.07) is 1.03. The van der Waals surface area contributed by atoms with Crippen molar-refractivity contribution in [2.45, 2.75) is 58.0 Å². The van der Waals surface area contributed by atoms with Gasteiger partial charge in [-0.1, -0.05) is 0 Å². The first-order valence-corrected chi connectivity index (χ1v) is 8.50. The summed E-state index contributed by atoms with van der Waals surface area (Å²) in [4.78, 5) is 18.9. The Morgan fingerprint density at radius 3 is 2.80 bits per heavy atom. The Kier molecular flexibility index (Phi) is 3.96. The molecule has 4 nitrogen and oxygen atoms in total. The highest BCUT2D eigenvalue weighted by Crippen LogP contribution is 2.39. The van der Waals surface area contributed by atoms with E-state index < -0.39 is 0 Å². The zero-order valence-electron chi connectivity index (χ0n) is 12.3. The van der Waals surface area contributed by atoms with Gasteiger partial charge in [0, 0.05) is 36.1 Å². The summed E-state index contributed by atoms with van der Waals surface area (Å²) in [7, 11) is 0. The van der Waals surface area contributed by atoms with E-state index in [1.165, 1.54) is 25.7 Å². The lowest BCUT2D eigenvalue weighted by Gasteiger charge is -2.29. The topological polar surface area (TPSA) is 45.2 Å². The summed E-state index contributed by atoms with van der Waals surface area (Å²) in [6.07, 6.45) is 5.76. The molecular weight excluding hydrogens is 270 g/mol. The van der Waals surface area contributed by atoms with Crippen molar-refractivity contribution in [3.8, 4) is 0 Å². The Labute approximate surface area is 124 Å². The van der Waals surface area contributed by atoms with Gasteiger partial charge < -0.3 is 10.2 Å². The summed E-state index contributed by atoms with van der Waals surface area (Å²) in [5.74, 6) is 0.739. The zero-order chi connectivity index (χ0) is 14.1. The molecule has 1 aromatic rings. The molecular formula is C15H23N3OS. The Bertz CT molecular complexity index is 479. The number of hydrogen-bond acceptors (Lipinski definition) is 3. The molecule has 0 saturated heterocycles. The van der Waals surface area contributed by atoms with Crippen LogP contribution in [0.1, 0.15) is 43.3 Å². The molecule has 110 valence electrons. The first-order chi connectivity index (χ1) is 9.65. The SMILES string of the molecule is Cc1csc(CCNC(=O)N(C2CC2)[C@H](C)C2CC2)n1. The molecule has 2 amide bonds. The Morgan fingerprint density at radius 2 is 2.25 bits per heavy atom. The van der Waals surface area contributed by atoms with Crippen LogP contribution < -0.4 is 5.32 Å². The number of nitrogens with zero attached hydrogens (tertiary/aromatic N) is 2. The fourth-order valence-corrected chi connectivity index (χ4v) is 3.50. The number of aromatic nitrogens is 1. The summed E-state index contributed by atoms with van der Waals surface area (Å²) in [5, 5.41) is 6.24. The number of thiazole rings is 1. The highest BCUT2D eigenvalue weighted by molar-refractivity contribution is 7.09. The van der Waals surface area contributed by atoms with Crippen LogP contribution in [0.15, 0.2) is 5.38 Å². The highest BCUT2D eigenvalue weighted by atomic mass is 32.1. The van der Waals surface area contributed by atoms with Gasteiger partial charge in [-0.2, -0.15) is 0 Å². The lowest BCUT2D eigenvalue weighted by Crippen LogP contribution is -2.47. The molecule has 0 spiro atoms. The maximum atomic E-state index is 12.4. The van der Waals surface area contributed by atoms with Crippen molar-refractivity contribution in [3.05, 3.63) is 16.1 Å². The van der Waals surface area contributed by atoms with Crippen molar-refractivity contribution in [1.82, 2.24) is 15.2 Å². The van der Waals surface area contributed by atoms with Crippen molar-refractivity contribution in [2.24, 2.45) is 5.92 Å². The molecule has 0 unspecified atom stereocenters. The summed E-state index contributed by atoms with van der Waals surface area (Å²) < 4.78 is 0. The minimum absolute atomic E-state index is 0.125. The smallest absolute Gasteiger partial charge is 0.317 e. The van der Waals surface area contributed by atoms with Crippen LogP contribution in [0.25, 0.3) is 0 Å². The van der Waals surface area contributed by atoms with E-state index in [-0.39, 0.29) is 6.03 Å². The zero-order valence-corrected chi connectivity index (χ0v) is 13.1. The predicted molar refractivity (Wildman–Crippen MR) is 81.0 cm³/mol. The van der Waals surface area contributed by atoms with E-state index >= 15 is 0 Å². The quantitative estimate of drug-likeness (QED) is 0.876. The fourth-order valence-electron chi connectivity index (χ4n) is 2.73. The van der Waals surface area contributed by atoms with Gasteiger partial charge >= 0.3 is 6.03 Å². The molecule has 1 N–H and O–H groups in total. The third kappa shape index (κ3) is 3.32. The summed E-state index contributed by atoms with van der Waals surface area (Å²) in [5.41, 5.74) is 1.07. The number of rotatable bonds is 6. The lowest BCUT2D eigenvalue weighted by molar-refractivity contribution is 0.167. The number of urea groups is 1. The van der Waals surface area contributed by atoms with E-state index in [2.05, 4.69) is 27.5 Å². The number of aryl methyl sites for hydroxylation is 1. The first kappa shape index (κ1) is 13.9. The van der Waals surface area contributed by atoms with Gasteiger partial charge in [-0.05, 0) is 45.4 Å². The fraction of sp³-hybridized carbons (Fsp3) is 0.733. The molecule has 1 heterocycles. The molecule has 0 bridgehead atoms. The maximum absolute atomic E-state index is 12.4. The highest BCUT2D eigenvalue weighted by Gasteiger charge is 2.41. The lowest BCUT2D eigenvalue weighted by atomic mass is 10.2. The number of hydrogen-bond donors (Lipinski definition) is 1. The molecule has 20 heavy (non-hydrogen) atoms. The molecule has 0 radical (unpaired) electrons. The van der Waals surface area contributed by atoms with Gasteiger partial charge in [-0.25, -0.2) is 9.78 Å². The summed E-state index contributed by atoms with van der Waals surface area (Å²) >= 11 is 1.67. The Morgan fingerprint density at radius 1 is 1.50 bits per heavy atom. The standard InChI is InChI=1S/C15H23N3OS/c1-10-9-20-14(17-10)7-8-16-15(19)18(13-5-6-13)11(2)12-3-4-12/h9,11-13H,3-8H2,1-2H3,(H,16,19)/t11-/m1/s1. The molecule has 2 saturated carbocycles. The van der Waals surface area contributed by atoms with E-state index in [1.54, 1.807) is 11.3 Å². The van der Waals surface area contributed by atoms with Crippen LogP contribution in [-0.4, -0.2) is 34.5 Å². The largest absolute Gasteiger partial charge is 0.338 e. The van der Waals surface area contributed by atoms with Crippen LogP contribution in [-0.2, 0) is 6.42 Å². The molecule has 0 aliphatic heterocycles. The van der Waals surface area contributed by atoms with Crippen LogP contribution in [0.2, 0.25) is 0 Å². The Hall–Kier alpha value is -1.10. The van der Waals surface area contributed by atoms with Crippen LogP contribution in [0.5, 0.6) is 0 Å². The average Bonchev–Trinajstić information content (AvgIpc) is 3.30.